The van der Waals surface area contributed by atoms with Crippen molar-refractivity contribution in [3.63, 3.8) is 0 Å². The van der Waals surface area contributed by atoms with Gasteiger partial charge in [-0.3, -0.25) is 4.98 Å². The van der Waals surface area contributed by atoms with Crippen molar-refractivity contribution in [2.45, 2.75) is 26.8 Å². The number of pyridine rings is 1. The average Bonchev–Trinajstić information content (AvgIpc) is 2.28. The summed E-state index contributed by atoms with van der Waals surface area (Å²) in [6.45, 7) is 8.90. The number of nitriles is 1. The van der Waals surface area contributed by atoms with Gasteiger partial charge in [0.2, 0.25) is 0 Å². The predicted molar refractivity (Wildman–Crippen MR) is 68.1 cm³/mol. The third kappa shape index (κ3) is 2.40. The summed E-state index contributed by atoms with van der Waals surface area (Å²) in [5.74, 6) is 0. The Labute approximate surface area is 102 Å². The Balaban J connectivity index is 2.40. The molecule has 1 fully saturated rings. The van der Waals surface area contributed by atoms with E-state index in [1.807, 2.05) is 19.9 Å². The molecule has 0 spiro atoms. The van der Waals surface area contributed by atoms with E-state index in [0.29, 0.717) is 11.6 Å². The highest BCUT2D eigenvalue weighted by Crippen LogP contribution is 2.24. The zero-order chi connectivity index (χ0) is 12.4. The molecule has 4 heteroatoms. The number of hydrogen-bond acceptors (Lipinski definition) is 4. The molecule has 0 radical (unpaired) electrons. The molecule has 1 aromatic rings. The number of nitrogens with one attached hydrogen (secondary N) is 1. The van der Waals surface area contributed by atoms with Gasteiger partial charge in [0, 0.05) is 31.4 Å². The van der Waals surface area contributed by atoms with Gasteiger partial charge in [-0.05, 0) is 26.8 Å². The number of aryl methyl sites for hydroxylation is 2. The Hall–Kier alpha value is -1.60. The summed E-state index contributed by atoms with van der Waals surface area (Å²) < 4.78 is 0. The minimum Gasteiger partial charge on any atom is -0.368 e. The Bertz CT molecular complexity index is 461. The zero-order valence-corrected chi connectivity index (χ0v) is 10.6. The fourth-order valence-corrected chi connectivity index (χ4v) is 2.35. The first-order valence-corrected chi connectivity index (χ1v) is 5.98. The molecule has 1 aliphatic heterocycles. The second-order valence-corrected chi connectivity index (χ2v) is 4.66. The van der Waals surface area contributed by atoms with Crippen LogP contribution in [0.3, 0.4) is 0 Å². The van der Waals surface area contributed by atoms with Crippen LogP contribution in [0.5, 0.6) is 0 Å². The van der Waals surface area contributed by atoms with E-state index in [1.165, 1.54) is 0 Å². The first kappa shape index (κ1) is 11.9. The van der Waals surface area contributed by atoms with Crippen molar-refractivity contribution in [1.82, 2.24) is 10.3 Å². The summed E-state index contributed by atoms with van der Waals surface area (Å²) in [5.41, 5.74) is 3.55. The molecule has 0 unspecified atom stereocenters. The molecular formula is C13H18N4. The van der Waals surface area contributed by atoms with Crippen molar-refractivity contribution < 1.29 is 0 Å². The number of nitrogens with zero attached hydrogens (tertiary/aromatic N) is 3. The van der Waals surface area contributed by atoms with E-state index in [2.05, 4.69) is 28.2 Å². The maximum absolute atomic E-state index is 9.25. The van der Waals surface area contributed by atoms with Crippen LogP contribution in [-0.4, -0.2) is 30.7 Å². The second kappa shape index (κ2) is 4.72. The Morgan fingerprint density at radius 1 is 1.53 bits per heavy atom. The first-order chi connectivity index (χ1) is 8.11. The number of piperazine rings is 1. The van der Waals surface area contributed by atoms with E-state index in [9.17, 15) is 5.26 Å². The topological polar surface area (TPSA) is 52.0 Å². The number of aromatic nitrogens is 1. The molecule has 0 saturated carbocycles. The third-order valence-corrected chi connectivity index (χ3v) is 3.13. The van der Waals surface area contributed by atoms with E-state index in [0.717, 1.165) is 36.7 Å². The van der Waals surface area contributed by atoms with Gasteiger partial charge in [-0.25, -0.2) is 0 Å². The molecule has 2 rings (SSSR count). The standard InChI is InChI=1S/C13H18N4/c1-9-6-13(12(7-14)11(3)16-9)17-5-4-15-10(2)8-17/h6,10,15H,4-5,8H2,1-3H3/t10-/m0/s1. The molecule has 0 aromatic carbocycles. The van der Waals surface area contributed by atoms with Crippen LogP contribution in [-0.2, 0) is 0 Å². The van der Waals surface area contributed by atoms with Crippen LogP contribution in [0.2, 0.25) is 0 Å². The number of rotatable bonds is 1. The average molecular weight is 230 g/mol. The van der Waals surface area contributed by atoms with Gasteiger partial charge in [-0.1, -0.05) is 0 Å². The Morgan fingerprint density at radius 2 is 2.29 bits per heavy atom. The van der Waals surface area contributed by atoms with Crippen molar-refractivity contribution in [1.29, 1.82) is 5.26 Å². The molecular weight excluding hydrogens is 212 g/mol. The summed E-state index contributed by atoms with van der Waals surface area (Å²) in [7, 11) is 0. The normalized spacial score (nSPS) is 20.1. The van der Waals surface area contributed by atoms with Gasteiger partial charge in [-0.15, -0.1) is 0 Å². The van der Waals surface area contributed by atoms with Crippen LogP contribution in [0.25, 0.3) is 0 Å². The lowest BCUT2D eigenvalue weighted by molar-refractivity contribution is 0.484. The molecule has 1 aliphatic rings. The fourth-order valence-electron chi connectivity index (χ4n) is 2.35. The predicted octanol–water partition coefficient (Wildman–Crippen LogP) is 1.37. The van der Waals surface area contributed by atoms with Crippen LogP contribution >= 0.6 is 0 Å². The molecule has 2 heterocycles. The van der Waals surface area contributed by atoms with Crippen molar-refractivity contribution >= 4 is 5.69 Å². The molecule has 1 aromatic heterocycles. The van der Waals surface area contributed by atoms with Gasteiger partial charge in [0.25, 0.3) is 0 Å². The first-order valence-electron chi connectivity index (χ1n) is 5.98. The molecule has 0 amide bonds. The van der Waals surface area contributed by atoms with E-state index in [-0.39, 0.29) is 0 Å². The van der Waals surface area contributed by atoms with Gasteiger partial charge in [0.15, 0.2) is 0 Å². The summed E-state index contributed by atoms with van der Waals surface area (Å²) in [4.78, 5) is 6.63. The monoisotopic (exact) mass is 230 g/mol. The highest BCUT2D eigenvalue weighted by molar-refractivity contribution is 5.62. The maximum atomic E-state index is 9.25. The third-order valence-electron chi connectivity index (χ3n) is 3.13. The van der Waals surface area contributed by atoms with Crippen molar-refractivity contribution in [3.05, 3.63) is 23.0 Å². The number of anilines is 1. The van der Waals surface area contributed by atoms with E-state index in [4.69, 9.17) is 0 Å². The molecule has 90 valence electrons. The van der Waals surface area contributed by atoms with Crippen LogP contribution < -0.4 is 10.2 Å². The van der Waals surface area contributed by atoms with E-state index >= 15 is 0 Å². The summed E-state index contributed by atoms with van der Waals surface area (Å²) >= 11 is 0. The molecule has 0 bridgehead atoms. The Kier molecular flexibility index (Phi) is 3.30. The summed E-state index contributed by atoms with van der Waals surface area (Å²) in [6, 6.07) is 4.76. The molecule has 0 aliphatic carbocycles. The highest BCUT2D eigenvalue weighted by atomic mass is 15.2. The molecule has 17 heavy (non-hydrogen) atoms. The van der Waals surface area contributed by atoms with Gasteiger partial charge in [0.1, 0.15) is 6.07 Å². The molecule has 1 atom stereocenters. The zero-order valence-electron chi connectivity index (χ0n) is 10.6. The van der Waals surface area contributed by atoms with Gasteiger partial charge in [-0.2, -0.15) is 5.26 Å². The van der Waals surface area contributed by atoms with Crippen LogP contribution in [0.1, 0.15) is 23.9 Å². The second-order valence-electron chi connectivity index (χ2n) is 4.66. The largest absolute Gasteiger partial charge is 0.368 e. The maximum Gasteiger partial charge on any atom is 0.103 e. The molecule has 1 saturated heterocycles. The van der Waals surface area contributed by atoms with Gasteiger partial charge in [0.05, 0.1) is 16.9 Å². The Morgan fingerprint density at radius 3 is 2.94 bits per heavy atom. The van der Waals surface area contributed by atoms with E-state index < -0.39 is 0 Å². The van der Waals surface area contributed by atoms with Gasteiger partial charge < -0.3 is 10.2 Å². The molecule has 4 nitrogen and oxygen atoms in total. The van der Waals surface area contributed by atoms with Crippen molar-refractivity contribution in [2.24, 2.45) is 0 Å². The SMILES string of the molecule is Cc1cc(N2CCN[C@@H](C)C2)c(C#N)c(C)n1. The van der Waals surface area contributed by atoms with E-state index in [1.54, 1.807) is 0 Å². The smallest absolute Gasteiger partial charge is 0.103 e. The summed E-state index contributed by atoms with van der Waals surface area (Å²) in [5, 5.41) is 12.7. The minimum absolute atomic E-state index is 0.462. The van der Waals surface area contributed by atoms with Crippen LogP contribution in [0, 0.1) is 25.2 Å². The lowest BCUT2D eigenvalue weighted by atomic mass is 10.1. The van der Waals surface area contributed by atoms with Crippen LogP contribution in [0.15, 0.2) is 6.07 Å². The molecule has 1 N–H and O–H groups in total. The summed E-state index contributed by atoms with van der Waals surface area (Å²) in [6.07, 6.45) is 0. The lowest BCUT2D eigenvalue weighted by Crippen LogP contribution is -2.49. The van der Waals surface area contributed by atoms with Crippen LogP contribution in [0.4, 0.5) is 5.69 Å². The van der Waals surface area contributed by atoms with Crippen molar-refractivity contribution in [2.75, 3.05) is 24.5 Å². The fraction of sp³-hybridized carbons (Fsp3) is 0.538. The van der Waals surface area contributed by atoms with Gasteiger partial charge >= 0.3 is 0 Å². The van der Waals surface area contributed by atoms with Crippen molar-refractivity contribution in [3.8, 4) is 6.07 Å². The lowest BCUT2D eigenvalue weighted by Gasteiger charge is -2.34. The minimum atomic E-state index is 0.462. The number of hydrogen-bond donors (Lipinski definition) is 1. The quantitative estimate of drug-likeness (QED) is 0.791. The highest BCUT2D eigenvalue weighted by Gasteiger charge is 2.20.